The number of hydrogen-bond acceptors (Lipinski definition) is 4. The number of ether oxygens (including phenoxy) is 1. The van der Waals surface area contributed by atoms with Crippen LogP contribution in [0.1, 0.15) is 31.5 Å². The van der Waals surface area contributed by atoms with E-state index >= 15 is 0 Å². The van der Waals surface area contributed by atoms with Gasteiger partial charge in [-0.1, -0.05) is 13.8 Å². The summed E-state index contributed by atoms with van der Waals surface area (Å²) in [5, 5.41) is 8.92. The van der Waals surface area contributed by atoms with Gasteiger partial charge in [0.1, 0.15) is 6.10 Å². The summed E-state index contributed by atoms with van der Waals surface area (Å²) in [6, 6.07) is 1.69. The third-order valence-electron chi connectivity index (χ3n) is 2.01. The maximum absolute atomic E-state index is 8.92. The predicted molar refractivity (Wildman–Crippen MR) is 52.5 cm³/mol. The first-order chi connectivity index (χ1) is 6.69. The van der Waals surface area contributed by atoms with Crippen LogP contribution in [0.4, 0.5) is 0 Å². The van der Waals surface area contributed by atoms with Gasteiger partial charge in [0, 0.05) is 13.3 Å². The minimum Gasteiger partial charge on any atom is -0.390 e. The van der Waals surface area contributed by atoms with Crippen molar-refractivity contribution in [3.8, 4) is 0 Å². The van der Waals surface area contributed by atoms with Gasteiger partial charge in [-0.05, 0) is 12.0 Å². The van der Waals surface area contributed by atoms with Crippen molar-refractivity contribution < 1.29 is 9.84 Å². The second kappa shape index (κ2) is 5.02. The Kier molecular flexibility index (Phi) is 3.98. The molecule has 0 spiro atoms. The van der Waals surface area contributed by atoms with Crippen LogP contribution in [0.3, 0.4) is 0 Å². The van der Waals surface area contributed by atoms with Crippen LogP contribution in [-0.4, -0.2) is 22.2 Å². The summed E-state index contributed by atoms with van der Waals surface area (Å²) in [6.45, 7) is 4.02. The third kappa shape index (κ3) is 2.49. The Bertz CT molecular complexity index is 289. The van der Waals surface area contributed by atoms with Gasteiger partial charge < -0.3 is 9.84 Å². The molecule has 1 atom stereocenters. The topological polar surface area (TPSA) is 55.2 Å². The van der Waals surface area contributed by atoms with Gasteiger partial charge >= 0.3 is 0 Å². The molecule has 1 aromatic heterocycles. The standard InChI is InChI=1S/C10H16N2O2/c1-7(2)9(14-3)10-11-5-4-8(6-13)12-10/h4-5,7,9,13H,6H2,1-3H3. The van der Waals surface area contributed by atoms with Crippen molar-refractivity contribution in [2.24, 2.45) is 5.92 Å². The number of nitrogens with zero attached hydrogens (tertiary/aromatic N) is 2. The molecule has 0 saturated heterocycles. The van der Waals surface area contributed by atoms with Gasteiger partial charge in [-0.3, -0.25) is 0 Å². The van der Waals surface area contributed by atoms with Gasteiger partial charge in [-0.2, -0.15) is 0 Å². The van der Waals surface area contributed by atoms with Crippen LogP contribution >= 0.6 is 0 Å². The Balaban J connectivity index is 2.92. The predicted octanol–water partition coefficient (Wildman–Crippen LogP) is 1.31. The monoisotopic (exact) mass is 196 g/mol. The SMILES string of the molecule is COC(c1nccc(CO)n1)C(C)C. The molecule has 0 amide bonds. The largest absolute Gasteiger partial charge is 0.390 e. The molecule has 0 aliphatic heterocycles. The van der Waals surface area contributed by atoms with Crippen molar-refractivity contribution >= 4 is 0 Å². The summed E-state index contributed by atoms with van der Waals surface area (Å²) in [4.78, 5) is 8.33. The number of aliphatic hydroxyl groups is 1. The molecular formula is C10H16N2O2. The van der Waals surface area contributed by atoms with Crippen LogP contribution in [0, 0.1) is 5.92 Å². The summed E-state index contributed by atoms with van der Waals surface area (Å²) in [5.41, 5.74) is 0.623. The second-order valence-electron chi connectivity index (χ2n) is 3.46. The molecule has 1 unspecified atom stereocenters. The fraction of sp³-hybridized carbons (Fsp3) is 0.600. The van der Waals surface area contributed by atoms with Crippen LogP contribution < -0.4 is 0 Å². The van der Waals surface area contributed by atoms with E-state index in [-0.39, 0.29) is 12.7 Å². The number of methoxy groups -OCH3 is 1. The van der Waals surface area contributed by atoms with E-state index in [1.54, 1.807) is 19.4 Å². The molecule has 4 heteroatoms. The Labute approximate surface area is 84.0 Å². The maximum Gasteiger partial charge on any atom is 0.157 e. The molecule has 1 heterocycles. The zero-order valence-corrected chi connectivity index (χ0v) is 8.77. The van der Waals surface area contributed by atoms with Crippen LogP contribution in [-0.2, 0) is 11.3 Å². The highest BCUT2D eigenvalue weighted by Gasteiger charge is 2.17. The van der Waals surface area contributed by atoms with Crippen molar-refractivity contribution in [2.45, 2.75) is 26.6 Å². The van der Waals surface area contributed by atoms with E-state index in [9.17, 15) is 0 Å². The summed E-state index contributed by atoms with van der Waals surface area (Å²) in [5.74, 6) is 0.947. The molecule has 0 aliphatic carbocycles. The molecule has 1 N–H and O–H groups in total. The van der Waals surface area contributed by atoms with Crippen LogP contribution in [0.25, 0.3) is 0 Å². The highest BCUT2D eigenvalue weighted by atomic mass is 16.5. The highest BCUT2D eigenvalue weighted by Crippen LogP contribution is 2.21. The molecule has 0 radical (unpaired) electrons. The van der Waals surface area contributed by atoms with Gasteiger partial charge in [-0.25, -0.2) is 9.97 Å². The van der Waals surface area contributed by atoms with E-state index in [1.165, 1.54) is 0 Å². The summed E-state index contributed by atoms with van der Waals surface area (Å²) in [6.07, 6.45) is 1.53. The van der Waals surface area contributed by atoms with Gasteiger partial charge in [0.25, 0.3) is 0 Å². The molecule has 0 bridgehead atoms. The molecule has 0 saturated carbocycles. The molecule has 14 heavy (non-hydrogen) atoms. The molecule has 4 nitrogen and oxygen atoms in total. The lowest BCUT2D eigenvalue weighted by atomic mass is 10.1. The van der Waals surface area contributed by atoms with E-state index in [0.29, 0.717) is 17.4 Å². The van der Waals surface area contributed by atoms with Gasteiger partial charge in [-0.15, -0.1) is 0 Å². The Hall–Kier alpha value is -1.00. The van der Waals surface area contributed by atoms with E-state index in [4.69, 9.17) is 9.84 Å². The van der Waals surface area contributed by atoms with Crippen molar-refractivity contribution in [2.75, 3.05) is 7.11 Å². The van der Waals surface area contributed by atoms with E-state index in [0.717, 1.165) is 0 Å². The van der Waals surface area contributed by atoms with Crippen LogP contribution in [0.2, 0.25) is 0 Å². The third-order valence-corrected chi connectivity index (χ3v) is 2.01. The zero-order chi connectivity index (χ0) is 10.6. The number of aromatic nitrogens is 2. The molecular weight excluding hydrogens is 180 g/mol. The lowest BCUT2D eigenvalue weighted by molar-refractivity contribution is 0.0570. The summed E-state index contributed by atoms with van der Waals surface area (Å²) < 4.78 is 5.29. The first-order valence-corrected chi connectivity index (χ1v) is 4.64. The van der Waals surface area contributed by atoms with Crippen molar-refractivity contribution in [1.29, 1.82) is 0 Å². The Morgan fingerprint density at radius 1 is 1.50 bits per heavy atom. The van der Waals surface area contributed by atoms with Gasteiger partial charge in [0.05, 0.1) is 12.3 Å². The van der Waals surface area contributed by atoms with Crippen molar-refractivity contribution in [1.82, 2.24) is 9.97 Å². The quantitative estimate of drug-likeness (QED) is 0.789. The Morgan fingerprint density at radius 2 is 2.21 bits per heavy atom. The zero-order valence-electron chi connectivity index (χ0n) is 8.77. The number of aliphatic hydroxyl groups excluding tert-OH is 1. The first kappa shape index (κ1) is 11.1. The number of rotatable bonds is 4. The smallest absolute Gasteiger partial charge is 0.157 e. The molecule has 0 aromatic carbocycles. The molecule has 1 rings (SSSR count). The molecule has 0 fully saturated rings. The summed E-state index contributed by atoms with van der Waals surface area (Å²) >= 11 is 0. The van der Waals surface area contributed by atoms with E-state index in [2.05, 4.69) is 9.97 Å². The first-order valence-electron chi connectivity index (χ1n) is 4.64. The molecule has 78 valence electrons. The molecule has 0 aliphatic rings. The highest BCUT2D eigenvalue weighted by molar-refractivity contribution is 5.03. The minimum atomic E-state index is -0.110. The average Bonchev–Trinajstić information content (AvgIpc) is 2.19. The fourth-order valence-electron chi connectivity index (χ4n) is 1.31. The number of hydrogen-bond donors (Lipinski definition) is 1. The normalized spacial score (nSPS) is 13.2. The Morgan fingerprint density at radius 3 is 2.71 bits per heavy atom. The van der Waals surface area contributed by atoms with Crippen LogP contribution in [0.5, 0.6) is 0 Å². The lowest BCUT2D eigenvalue weighted by Crippen LogP contribution is -2.13. The van der Waals surface area contributed by atoms with E-state index < -0.39 is 0 Å². The van der Waals surface area contributed by atoms with Crippen molar-refractivity contribution in [3.63, 3.8) is 0 Å². The maximum atomic E-state index is 8.92. The van der Waals surface area contributed by atoms with Crippen LogP contribution in [0.15, 0.2) is 12.3 Å². The van der Waals surface area contributed by atoms with E-state index in [1.807, 2.05) is 13.8 Å². The van der Waals surface area contributed by atoms with Gasteiger partial charge in [0.2, 0.25) is 0 Å². The second-order valence-corrected chi connectivity index (χ2v) is 3.46. The van der Waals surface area contributed by atoms with Crippen molar-refractivity contribution in [3.05, 3.63) is 23.8 Å². The minimum absolute atomic E-state index is 0.0654. The van der Waals surface area contributed by atoms with Gasteiger partial charge in [0.15, 0.2) is 5.82 Å². The fourth-order valence-corrected chi connectivity index (χ4v) is 1.31. The lowest BCUT2D eigenvalue weighted by Gasteiger charge is -2.17. The molecule has 1 aromatic rings. The average molecular weight is 196 g/mol. The summed E-state index contributed by atoms with van der Waals surface area (Å²) in [7, 11) is 1.64.